The van der Waals surface area contributed by atoms with Gasteiger partial charge >= 0.3 is 6.01 Å². The number of nitrogens with two attached hydrogens (primary N) is 1. The van der Waals surface area contributed by atoms with E-state index in [0.717, 1.165) is 4.70 Å². The Bertz CT molecular complexity index is 1490. The lowest BCUT2D eigenvalue weighted by Crippen LogP contribution is -2.27. The molecule has 2 fully saturated rings. The standard InChI is InChI=1S/C22H19ClF3N5OS.C5H11N/c1-32-21-29-18-12(19(30-21)31-8-3-6-22(25,26)7-9-31)10-13(23)15(16(18)24)11-4-2-5-14-17(11)28-20(27)33-14;1-6-4-2-3-5-6/h2,4-5,10H,3,6-9H2,1H3,(H2,27,28);2-5H2,1H3. The second-order valence-corrected chi connectivity index (χ2v) is 11.4. The number of nitrogens with zero attached hydrogens (tertiary/aromatic N) is 5. The molecule has 0 unspecified atom stereocenters. The molecule has 0 atom stereocenters. The topological polar surface area (TPSA) is 80.4 Å². The van der Waals surface area contributed by atoms with Gasteiger partial charge in [0.05, 0.1) is 22.3 Å². The zero-order chi connectivity index (χ0) is 27.7. The van der Waals surface area contributed by atoms with Gasteiger partial charge in [-0.3, -0.25) is 0 Å². The molecular formula is C27H30ClF3N6OS. The van der Waals surface area contributed by atoms with Gasteiger partial charge in [-0.25, -0.2) is 18.2 Å². The highest BCUT2D eigenvalue weighted by atomic mass is 35.5. The summed E-state index contributed by atoms with van der Waals surface area (Å²) < 4.78 is 49.9. The van der Waals surface area contributed by atoms with Gasteiger partial charge in [-0.05, 0) is 51.5 Å². The molecule has 2 aromatic carbocycles. The molecule has 4 aromatic rings. The van der Waals surface area contributed by atoms with Gasteiger partial charge in [-0.15, -0.1) is 0 Å². The van der Waals surface area contributed by atoms with Gasteiger partial charge in [0.25, 0.3) is 0 Å². The number of alkyl halides is 2. The Hall–Kier alpha value is -2.89. The monoisotopic (exact) mass is 578 g/mol. The van der Waals surface area contributed by atoms with E-state index in [2.05, 4.69) is 26.9 Å². The van der Waals surface area contributed by atoms with Crippen molar-refractivity contribution in [3.8, 4) is 17.1 Å². The molecule has 0 spiro atoms. The van der Waals surface area contributed by atoms with Crippen LogP contribution in [0.15, 0.2) is 24.3 Å². The number of para-hydroxylation sites is 1. The fourth-order valence-corrected chi connectivity index (χ4v) is 6.11. The number of likely N-dealkylation sites (tertiary alicyclic amines) is 1. The van der Waals surface area contributed by atoms with Crippen molar-refractivity contribution in [1.29, 1.82) is 0 Å². The zero-order valence-corrected chi connectivity index (χ0v) is 23.4. The maximum atomic E-state index is 16.0. The minimum absolute atomic E-state index is 0.00698. The van der Waals surface area contributed by atoms with Gasteiger partial charge in [0.15, 0.2) is 10.9 Å². The van der Waals surface area contributed by atoms with Crippen LogP contribution < -0.4 is 15.4 Å². The second-order valence-electron chi connectivity index (χ2n) is 9.89. The first-order valence-corrected chi connectivity index (χ1v) is 14.1. The molecule has 7 nitrogen and oxygen atoms in total. The Labute approximate surface area is 233 Å². The Morgan fingerprint density at radius 2 is 1.79 bits per heavy atom. The molecule has 2 aliphatic heterocycles. The summed E-state index contributed by atoms with van der Waals surface area (Å²) in [5.74, 6) is -3.09. The highest BCUT2D eigenvalue weighted by molar-refractivity contribution is 7.22. The van der Waals surface area contributed by atoms with Gasteiger partial charge in [0.2, 0.25) is 5.92 Å². The fourth-order valence-electron chi connectivity index (χ4n) is 5.06. The molecule has 208 valence electrons. The van der Waals surface area contributed by atoms with E-state index < -0.39 is 11.7 Å². The summed E-state index contributed by atoms with van der Waals surface area (Å²) >= 11 is 7.88. The van der Waals surface area contributed by atoms with E-state index in [1.165, 1.54) is 44.4 Å². The highest BCUT2D eigenvalue weighted by Crippen LogP contribution is 2.42. The van der Waals surface area contributed by atoms with Crippen molar-refractivity contribution >= 4 is 55.0 Å². The van der Waals surface area contributed by atoms with E-state index in [9.17, 15) is 8.78 Å². The number of nitrogen functional groups attached to an aromatic ring is 1. The van der Waals surface area contributed by atoms with Crippen LogP contribution >= 0.6 is 22.9 Å². The summed E-state index contributed by atoms with van der Waals surface area (Å²) in [7, 11) is 3.54. The second kappa shape index (κ2) is 11.3. The van der Waals surface area contributed by atoms with Crippen LogP contribution in [0.3, 0.4) is 0 Å². The molecule has 2 saturated heterocycles. The number of aromatic nitrogens is 3. The third-order valence-corrected chi connectivity index (χ3v) is 8.22. The number of ether oxygens (including phenoxy) is 1. The maximum Gasteiger partial charge on any atom is 0.318 e. The molecule has 2 N–H and O–H groups in total. The van der Waals surface area contributed by atoms with E-state index in [0.29, 0.717) is 34.0 Å². The van der Waals surface area contributed by atoms with E-state index in [-0.39, 0.29) is 47.9 Å². The SMILES string of the molecule is CN1CCCC1.COc1nc(N2CCCC(F)(F)CC2)c2cc(Cl)c(-c3cccc4sc(N)nc34)c(F)c2n1. The van der Waals surface area contributed by atoms with Gasteiger partial charge < -0.3 is 20.3 Å². The number of hydrogen-bond donors (Lipinski definition) is 1. The normalized spacial score (nSPS) is 17.7. The Kier molecular flexibility index (Phi) is 8.02. The molecule has 12 heteroatoms. The fraction of sp³-hybridized carbons (Fsp3) is 0.444. The minimum Gasteiger partial charge on any atom is -0.467 e. The average molecular weight is 579 g/mol. The molecule has 4 heterocycles. The first-order valence-electron chi connectivity index (χ1n) is 12.9. The summed E-state index contributed by atoms with van der Waals surface area (Å²) in [5, 5.41) is 0.825. The van der Waals surface area contributed by atoms with Crippen LogP contribution in [0, 0.1) is 5.82 Å². The highest BCUT2D eigenvalue weighted by Gasteiger charge is 2.33. The van der Waals surface area contributed by atoms with Crippen molar-refractivity contribution in [2.45, 2.75) is 38.0 Å². The van der Waals surface area contributed by atoms with Crippen molar-refractivity contribution < 1.29 is 17.9 Å². The minimum atomic E-state index is -2.74. The first-order chi connectivity index (χ1) is 18.7. The molecule has 6 rings (SSSR count). The summed E-state index contributed by atoms with van der Waals surface area (Å²) in [6.45, 7) is 3.06. The molecule has 0 bridgehead atoms. The van der Waals surface area contributed by atoms with Gasteiger partial charge in [-0.2, -0.15) is 9.97 Å². The molecule has 0 radical (unpaired) electrons. The number of hydrogen-bond acceptors (Lipinski definition) is 8. The molecule has 0 aliphatic carbocycles. The molecule has 0 saturated carbocycles. The summed E-state index contributed by atoms with van der Waals surface area (Å²) in [4.78, 5) is 17.0. The van der Waals surface area contributed by atoms with Gasteiger partial charge in [0, 0.05) is 42.4 Å². The Morgan fingerprint density at radius 1 is 1.03 bits per heavy atom. The lowest BCUT2D eigenvalue weighted by atomic mass is 10.0. The zero-order valence-electron chi connectivity index (χ0n) is 21.8. The number of rotatable bonds is 3. The predicted molar refractivity (Wildman–Crippen MR) is 152 cm³/mol. The number of anilines is 2. The summed E-state index contributed by atoms with van der Waals surface area (Å²) in [6.07, 6.45) is 2.58. The first kappa shape index (κ1) is 27.7. The average Bonchev–Trinajstić information content (AvgIpc) is 3.49. The van der Waals surface area contributed by atoms with E-state index in [1.807, 2.05) is 6.07 Å². The Balaban J connectivity index is 0.000000455. The van der Waals surface area contributed by atoms with Crippen LogP contribution in [-0.2, 0) is 0 Å². The predicted octanol–water partition coefficient (Wildman–Crippen LogP) is 6.63. The Morgan fingerprint density at radius 3 is 2.49 bits per heavy atom. The third kappa shape index (κ3) is 5.85. The van der Waals surface area contributed by atoms with E-state index in [1.54, 1.807) is 23.1 Å². The molecule has 0 amide bonds. The lowest BCUT2D eigenvalue weighted by Gasteiger charge is -2.24. The number of methoxy groups -OCH3 is 1. The summed E-state index contributed by atoms with van der Waals surface area (Å²) in [6, 6.07) is 6.85. The van der Waals surface area contributed by atoms with Crippen LogP contribution in [0.1, 0.15) is 32.1 Å². The quantitative estimate of drug-likeness (QED) is 0.292. The largest absolute Gasteiger partial charge is 0.467 e. The van der Waals surface area contributed by atoms with Crippen LogP contribution in [0.5, 0.6) is 6.01 Å². The number of fused-ring (bicyclic) bond motifs is 2. The molecule has 2 aliphatic rings. The number of benzene rings is 2. The van der Waals surface area contributed by atoms with Crippen LogP contribution in [-0.4, -0.2) is 66.1 Å². The molecule has 39 heavy (non-hydrogen) atoms. The van der Waals surface area contributed by atoms with Gasteiger partial charge in [-0.1, -0.05) is 35.1 Å². The maximum absolute atomic E-state index is 16.0. The van der Waals surface area contributed by atoms with Crippen LogP contribution in [0.4, 0.5) is 24.1 Å². The van der Waals surface area contributed by atoms with Crippen LogP contribution in [0.25, 0.3) is 32.2 Å². The smallest absolute Gasteiger partial charge is 0.318 e. The van der Waals surface area contributed by atoms with Crippen molar-refractivity contribution in [2.75, 3.05) is 51.0 Å². The number of halogens is 4. The van der Waals surface area contributed by atoms with Crippen molar-refractivity contribution in [3.05, 3.63) is 35.1 Å². The number of thiazole rings is 1. The van der Waals surface area contributed by atoms with E-state index >= 15 is 4.39 Å². The lowest BCUT2D eigenvalue weighted by molar-refractivity contribution is -0.0102. The van der Waals surface area contributed by atoms with Crippen molar-refractivity contribution in [2.24, 2.45) is 0 Å². The van der Waals surface area contributed by atoms with Crippen LogP contribution in [0.2, 0.25) is 5.02 Å². The summed E-state index contributed by atoms with van der Waals surface area (Å²) in [5.41, 5.74) is 7.01. The molecular weight excluding hydrogens is 549 g/mol. The van der Waals surface area contributed by atoms with Crippen molar-refractivity contribution in [3.63, 3.8) is 0 Å². The van der Waals surface area contributed by atoms with Crippen molar-refractivity contribution in [1.82, 2.24) is 19.9 Å². The molecule has 2 aromatic heterocycles. The van der Waals surface area contributed by atoms with Gasteiger partial charge in [0.1, 0.15) is 11.3 Å². The third-order valence-electron chi connectivity index (χ3n) is 7.08. The van der Waals surface area contributed by atoms with E-state index in [4.69, 9.17) is 22.1 Å².